The van der Waals surface area contributed by atoms with Crippen LogP contribution < -0.4 is 11.1 Å². The van der Waals surface area contributed by atoms with Gasteiger partial charge in [-0.15, -0.1) is 0 Å². The van der Waals surface area contributed by atoms with Gasteiger partial charge in [-0.2, -0.15) is 5.10 Å². The number of amides is 1. The van der Waals surface area contributed by atoms with Crippen LogP contribution in [-0.2, 0) is 6.42 Å². The minimum absolute atomic E-state index is 0.267. The van der Waals surface area contributed by atoms with E-state index in [4.69, 9.17) is 17.3 Å². The van der Waals surface area contributed by atoms with Crippen LogP contribution in [0.25, 0.3) is 0 Å². The third kappa shape index (κ3) is 3.26. The predicted octanol–water partition coefficient (Wildman–Crippen LogP) is 2.85. The highest BCUT2D eigenvalue weighted by Crippen LogP contribution is 2.20. The Morgan fingerprint density at radius 3 is 2.95 bits per heavy atom. The van der Waals surface area contributed by atoms with E-state index in [1.54, 1.807) is 12.1 Å². The van der Waals surface area contributed by atoms with Crippen molar-refractivity contribution in [2.24, 2.45) is 0 Å². The van der Waals surface area contributed by atoms with Gasteiger partial charge in [0, 0.05) is 17.3 Å². The highest BCUT2D eigenvalue weighted by molar-refractivity contribution is 6.33. The van der Waals surface area contributed by atoms with Crippen LogP contribution in [0.4, 0.5) is 11.5 Å². The van der Waals surface area contributed by atoms with Crippen molar-refractivity contribution < 1.29 is 4.79 Å². The first-order valence-electron chi connectivity index (χ1n) is 6.01. The Morgan fingerprint density at radius 1 is 1.47 bits per heavy atom. The van der Waals surface area contributed by atoms with E-state index in [-0.39, 0.29) is 5.91 Å². The third-order valence-electron chi connectivity index (χ3n) is 2.65. The van der Waals surface area contributed by atoms with Crippen molar-refractivity contribution in [2.45, 2.75) is 19.8 Å². The standard InChI is InChI=1S/C13H15ClN4O/c1-2-3-9-7-12(18-17-9)16-13(19)8-4-5-11(15)10(14)6-8/h4-7H,2-3,15H2,1H3,(H2,16,17,18,19). The number of H-pyrrole nitrogens is 1. The van der Waals surface area contributed by atoms with Gasteiger partial charge < -0.3 is 11.1 Å². The molecule has 100 valence electrons. The summed E-state index contributed by atoms with van der Waals surface area (Å²) in [6, 6.07) is 6.58. The Balaban J connectivity index is 2.09. The van der Waals surface area contributed by atoms with Crippen LogP contribution in [-0.4, -0.2) is 16.1 Å². The summed E-state index contributed by atoms with van der Waals surface area (Å²) >= 11 is 5.88. The van der Waals surface area contributed by atoms with Crippen LogP contribution in [0.15, 0.2) is 24.3 Å². The molecule has 0 bridgehead atoms. The number of hydrogen-bond acceptors (Lipinski definition) is 3. The van der Waals surface area contributed by atoms with E-state index in [2.05, 4.69) is 22.4 Å². The number of nitrogens with two attached hydrogens (primary N) is 1. The van der Waals surface area contributed by atoms with Gasteiger partial charge in [-0.05, 0) is 24.6 Å². The average Bonchev–Trinajstić information content (AvgIpc) is 2.80. The molecule has 0 fully saturated rings. The van der Waals surface area contributed by atoms with Crippen molar-refractivity contribution in [3.8, 4) is 0 Å². The molecule has 1 heterocycles. The summed E-state index contributed by atoms with van der Waals surface area (Å²) in [7, 11) is 0. The van der Waals surface area contributed by atoms with Crippen LogP contribution in [0, 0.1) is 0 Å². The summed E-state index contributed by atoms with van der Waals surface area (Å²) in [6.45, 7) is 2.08. The van der Waals surface area contributed by atoms with Crippen LogP contribution in [0.3, 0.4) is 0 Å². The maximum atomic E-state index is 12.0. The van der Waals surface area contributed by atoms with Crippen molar-refractivity contribution >= 4 is 29.0 Å². The molecule has 0 aliphatic heterocycles. The van der Waals surface area contributed by atoms with Crippen LogP contribution in [0.2, 0.25) is 5.02 Å². The lowest BCUT2D eigenvalue weighted by atomic mass is 10.2. The zero-order valence-electron chi connectivity index (χ0n) is 10.5. The Morgan fingerprint density at radius 2 is 2.26 bits per heavy atom. The number of nitrogens with one attached hydrogen (secondary N) is 2. The summed E-state index contributed by atoms with van der Waals surface area (Å²) < 4.78 is 0. The molecule has 1 amide bonds. The first-order chi connectivity index (χ1) is 9.10. The van der Waals surface area contributed by atoms with Gasteiger partial charge in [-0.25, -0.2) is 0 Å². The molecule has 19 heavy (non-hydrogen) atoms. The van der Waals surface area contributed by atoms with E-state index >= 15 is 0 Å². The van der Waals surface area contributed by atoms with E-state index in [9.17, 15) is 4.79 Å². The average molecular weight is 279 g/mol. The topological polar surface area (TPSA) is 83.8 Å². The second-order valence-corrected chi connectivity index (χ2v) is 4.63. The molecule has 0 saturated carbocycles. The number of halogens is 1. The van der Waals surface area contributed by atoms with Gasteiger partial charge >= 0.3 is 0 Å². The number of rotatable bonds is 4. The fraction of sp³-hybridized carbons (Fsp3) is 0.231. The molecule has 2 aromatic rings. The normalized spacial score (nSPS) is 10.4. The molecule has 1 aromatic carbocycles. The van der Waals surface area contributed by atoms with Gasteiger partial charge in [0.2, 0.25) is 0 Å². The second-order valence-electron chi connectivity index (χ2n) is 4.22. The van der Waals surface area contributed by atoms with E-state index < -0.39 is 0 Å². The summed E-state index contributed by atoms with van der Waals surface area (Å²) in [5, 5.41) is 9.96. The molecule has 0 saturated heterocycles. The van der Waals surface area contributed by atoms with Crippen molar-refractivity contribution in [1.82, 2.24) is 10.2 Å². The molecule has 4 N–H and O–H groups in total. The zero-order chi connectivity index (χ0) is 13.8. The zero-order valence-corrected chi connectivity index (χ0v) is 11.3. The maximum Gasteiger partial charge on any atom is 0.256 e. The van der Waals surface area contributed by atoms with E-state index in [1.807, 2.05) is 6.07 Å². The number of aromatic nitrogens is 2. The quantitative estimate of drug-likeness (QED) is 0.752. The number of aryl methyl sites for hydroxylation is 1. The number of anilines is 2. The number of nitrogens with zero attached hydrogens (tertiary/aromatic N) is 1. The van der Waals surface area contributed by atoms with Crippen molar-refractivity contribution in [2.75, 3.05) is 11.1 Å². The minimum atomic E-state index is -0.267. The molecule has 0 aliphatic carbocycles. The number of nitrogen functional groups attached to an aromatic ring is 1. The van der Waals surface area contributed by atoms with Crippen LogP contribution in [0.5, 0.6) is 0 Å². The monoisotopic (exact) mass is 278 g/mol. The molecule has 2 rings (SSSR count). The second kappa shape index (κ2) is 5.75. The Bertz CT molecular complexity index is 594. The summed E-state index contributed by atoms with van der Waals surface area (Å²) in [4.78, 5) is 12.0. The molecule has 0 radical (unpaired) electrons. The fourth-order valence-corrected chi connectivity index (χ4v) is 1.86. The lowest BCUT2D eigenvalue weighted by Crippen LogP contribution is -2.12. The van der Waals surface area contributed by atoms with Crippen LogP contribution in [0.1, 0.15) is 29.4 Å². The summed E-state index contributed by atoms with van der Waals surface area (Å²) in [6.07, 6.45) is 1.92. The lowest BCUT2D eigenvalue weighted by molar-refractivity contribution is 0.102. The summed E-state index contributed by atoms with van der Waals surface area (Å²) in [5.74, 6) is 0.234. The fourth-order valence-electron chi connectivity index (χ4n) is 1.68. The number of benzene rings is 1. The highest BCUT2D eigenvalue weighted by Gasteiger charge is 2.10. The molecule has 0 aliphatic rings. The molecule has 0 spiro atoms. The van der Waals surface area contributed by atoms with Crippen LogP contribution >= 0.6 is 11.6 Å². The van der Waals surface area contributed by atoms with Crippen molar-refractivity contribution in [1.29, 1.82) is 0 Å². The van der Waals surface area contributed by atoms with Crippen molar-refractivity contribution in [3.05, 3.63) is 40.5 Å². The van der Waals surface area contributed by atoms with Gasteiger partial charge in [0.15, 0.2) is 5.82 Å². The SMILES string of the molecule is CCCc1cc(NC(=O)c2ccc(N)c(Cl)c2)n[nH]1. The molecule has 1 aromatic heterocycles. The largest absolute Gasteiger partial charge is 0.398 e. The number of carbonyl (C=O) groups excluding carboxylic acids is 1. The first-order valence-corrected chi connectivity index (χ1v) is 6.38. The third-order valence-corrected chi connectivity index (χ3v) is 2.98. The lowest BCUT2D eigenvalue weighted by Gasteiger charge is -2.03. The molecule has 0 atom stereocenters. The van der Waals surface area contributed by atoms with E-state index in [0.717, 1.165) is 18.5 Å². The Hall–Kier alpha value is -2.01. The molecule has 0 unspecified atom stereocenters. The molecule has 5 nitrogen and oxygen atoms in total. The van der Waals surface area contributed by atoms with Gasteiger partial charge in [0.1, 0.15) is 0 Å². The first kappa shape index (κ1) is 13.4. The van der Waals surface area contributed by atoms with Gasteiger partial charge in [-0.1, -0.05) is 24.9 Å². The summed E-state index contributed by atoms with van der Waals surface area (Å²) in [5.41, 5.74) is 7.48. The number of aromatic amines is 1. The minimum Gasteiger partial charge on any atom is -0.398 e. The van der Waals surface area contributed by atoms with E-state index in [0.29, 0.717) is 22.1 Å². The molecular weight excluding hydrogens is 264 g/mol. The van der Waals surface area contributed by atoms with Crippen molar-refractivity contribution in [3.63, 3.8) is 0 Å². The smallest absolute Gasteiger partial charge is 0.256 e. The van der Waals surface area contributed by atoms with Gasteiger partial charge in [0.25, 0.3) is 5.91 Å². The molecular formula is C13H15ClN4O. The number of carbonyl (C=O) groups is 1. The highest BCUT2D eigenvalue weighted by atomic mass is 35.5. The van der Waals surface area contributed by atoms with Gasteiger partial charge in [0.05, 0.1) is 10.7 Å². The Labute approximate surface area is 116 Å². The Kier molecular flexibility index (Phi) is 4.06. The van der Waals surface area contributed by atoms with Gasteiger partial charge in [-0.3, -0.25) is 9.89 Å². The molecule has 6 heteroatoms. The number of hydrogen-bond donors (Lipinski definition) is 3. The van der Waals surface area contributed by atoms with E-state index in [1.165, 1.54) is 6.07 Å². The predicted molar refractivity (Wildman–Crippen MR) is 76.4 cm³/mol. The maximum absolute atomic E-state index is 12.0.